The van der Waals surface area contributed by atoms with Crippen LogP contribution in [-0.4, -0.2) is 4.57 Å². The summed E-state index contributed by atoms with van der Waals surface area (Å²) in [5.41, 5.74) is 2.75. The van der Waals surface area contributed by atoms with Crippen LogP contribution < -0.4 is 0 Å². The summed E-state index contributed by atoms with van der Waals surface area (Å²) >= 11 is 0. The molecule has 0 saturated carbocycles. The van der Waals surface area contributed by atoms with Crippen LogP contribution >= 0.6 is 0 Å². The van der Waals surface area contributed by atoms with E-state index in [0.29, 0.717) is 0 Å². The zero-order valence-corrected chi connectivity index (χ0v) is 11.4. The summed E-state index contributed by atoms with van der Waals surface area (Å²) in [6.45, 7) is 9.37. The lowest BCUT2D eigenvalue weighted by Crippen LogP contribution is -1.96. The smallest absolute Gasteiger partial charge is 0.0483 e. The normalized spacial score (nSPS) is 11.2. The van der Waals surface area contributed by atoms with Gasteiger partial charge in [-0.05, 0) is 30.9 Å². The molecule has 1 heterocycles. The van der Waals surface area contributed by atoms with E-state index in [1.807, 2.05) is 13.8 Å². The Hall–Kier alpha value is -1.50. The summed E-state index contributed by atoms with van der Waals surface area (Å²) in [4.78, 5) is 0. The predicted octanol–water partition coefficient (Wildman–Crippen LogP) is 5.02. The highest BCUT2D eigenvalue weighted by Gasteiger charge is 1.99. The molecule has 0 bridgehead atoms. The van der Waals surface area contributed by atoms with Crippen LogP contribution in [0.5, 0.6) is 0 Å². The summed E-state index contributed by atoms with van der Waals surface area (Å²) < 4.78 is 2.30. The van der Waals surface area contributed by atoms with Crippen LogP contribution in [0.15, 0.2) is 48.2 Å². The van der Waals surface area contributed by atoms with E-state index in [2.05, 4.69) is 61.0 Å². The van der Waals surface area contributed by atoms with Gasteiger partial charge in [0, 0.05) is 18.3 Å². The highest BCUT2D eigenvalue weighted by molar-refractivity contribution is 5.79. The molecule has 0 N–H and O–H groups in total. The first-order chi connectivity index (χ1) is 8.31. The summed E-state index contributed by atoms with van der Waals surface area (Å²) in [7, 11) is 0. The summed E-state index contributed by atoms with van der Waals surface area (Å²) in [5.74, 6) is 0. The number of fused-ring (bicyclic) bond motifs is 1. The van der Waals surface area contributed by atoms with E-state index < -0.39 is 0 Å². The zero-order chi connectivity index (χ0) is 12.7. The molecule has 1 heteroatoms. The van der Waals surface area contributed by atoms with Gasteiger partial charge in [0.1, 0.15) is 0 Å². The van der Waals surface area contributed by atoms with Crippen LogP contribution in [0, 0.1) is 0 Å². The second-order valence-electron chi connectivity index (χ2n) is 3.96. The molecule has 1 aromatic carbocycles. The molecular formula is C16H23N. The zero-order valence-electron chi connectivity index (χ0n) is 11.4. The first-order valence-corrected chi connectivity index (χ1v) is 6.50. The maximum absolute atomic E-state index is 2.30. The Labute approximate surface area is 105 Å². The molecule has 0 saturated heterocycles. The van der Waals surface area contributed by atoms with Gasteiger partial charge in [0.05, 0.1) is 0 Å². The van der Waals surface area contributed by atoms with E-state index >= 15 is 0 Å². The second-order valence-corrected chi connectivity index (χ2v) is 3.96. The van der Waals surface area contributed by atoms with E-state index in [0.717, 1.165) is 13.0 Å². The highest BCUT2D eigenvalue weighted by atomic mass is 14.9. The van der Waals surface area contributed by atoms with Gasteiger partial charge < -0.3 is 4.57 Å². The largest absolute Gasteiger partial charge is 0.343 e. The molecule has 0 spiro atoms. The van der Waals surface area contributed by atoms with Gasteiger partial charge in [0.25, 0.3) is 0 Å². The van der Waals surface area contributed by atoms with Gasteiger partial charge in [0.2, 0.25) is 0 Å². The minimum atomic E-state index is 1.00. The van der Waals surface area contributed by atoms with Crippen LogP contribution in [0.3, 0.4) is 0 Å². The lowest BCUT2D eigenvalue weighted by atomic mass is 10.2. The third kappa shape index (κ3) is 3.48. The molecule has 0 aliphatic rings. The third-order valence-electron chi connectivity index (χ3n) is 2.65. The average Bonchev–Trinajstić information content (AvgIpc) is 2.76. The lowest BCUT2D eigenvalue weighted by molar-refractivity contribution is 0.813. The number of nitrogens with zero attached hydrogens (tertiary/aromatic N) is 1. The van der Waals surface area contributed by atoms with Crippen molar-refractivity contribution in [1.82, 2.24) is 4.57 Å². The van der Waals surface area contributed by atoms with Crippen LogP contribution in [0.2, 0.25) is 0 Å². The van der Waals surface area contributed by atoms with Crippen molar-refractivity contribution in [2.75, 3.05) is 0 Å². The predicted molar refractivity (Wildman–Crippen MR) is 77.3 cm³/mol. The Morgan fingerprint density at radius 3 is 2.59 bits per heavy atom. The molecule has 0 atom stereocenters. The van der Waals surface area contributed by atoms with Crippen LogP contribution in [0.25, 0.3) is 10.9 Å². The number of hydrogen-bond donors (Lipinski definition) is 0. The molecule has 0 aliphatic carbocycles. The molecule has 0 aliphatic heterocycles. The molecule has 0 radical (unpaired) electrons. The molecule has 1 nitrogen and oxygen atoms in total. The molecule has 17 heavy (non-hydrogen) atoms. The molecule has 0 amide bonds. The van der Waals surface area contributed by atoms with Gasteiger partial charge in [0.15, 0.2) is 0 Å². The number of aromatic nitrogens is 1. The van der Waals surface area contributed by atoms with E-state index in [4.69, 9.17) is 0 Å². The molecule has 0 fully saturated rings. The molecule has 1 aromatic heterocycles. The van der Waals surface area contributed by atoms with E-state index in [9.17, 15) is 0 Å². The van der Waals surface area contributed by atoms with Crippen LogP contribution in [-0.2, 0) is 6.54 Å². The van der Waals surface area contributed by atoms with E-state index in [1.165, 1.54) is 16.5 Å². The van der Waals surface area contributed by atoms with Crippen molar-refractivity contribution in [1.29, 1.82) is 0 Å². The van der Waals surface area contributed by atoms with Gasteiger partial charge in [-0.1, -0.05) is 50.6 Å². The van der Waals surface area contributed by atoms with Gasteiger partial charge in [-0.2, -0.15) is 0 Å². The van der Waals surface area contributed by atoms with Gasteiger partial charge >= 0.3 is 0 Å². The Balaban J connectivity index is 0.000000686. The Kier molecular flexibility index (Phi) is 5.55. The average molecular weight is 229 g/mol. The minimum absolute atomic E-state index is 1.00. The molecule has 2 aromatic rings. The first-order valence-electron chi connectivity index (χ1n) is 6.50. The third-order valence-corrected chi connectivity index (χ3v) is 2.65. The fraction of sp³-hybridized carbons (Fsp3) is 0.375. The number of para-hydroxylation sites is 1. The topological polar surface area (TPSA) is 4.93 Å². The SMILES string of the molecule is CC.CC/C=C(\C)Cn1ccc2ccccc21. The van der Waals surface area contributed by atoms with Gasteiger partial charge in [-0.15, -0.1) is 0 Å². The van der Waals surface area contributed by atoms with Gasteiger partial charge in [-0.25, -0.2) is 0 Å². The van der Waals surface area contributed by atoms with Crippen LogP contribution in [0.4, 0.5) is 0 Å². The molecule has 92 valence electrons. The van der Waals surface area contributed by atoms with Gasteiger partial charge in [-0.3, -0.25) is 0 Å². The summed E-state index contributed by atoms with van der Waals surface area (Å²) in [5, 5.41) is 1.32. The fourth-order valence-corrected chi connectivity index (χ4v) is 1.96. The first kappa shape index (κ1) is 13.6. The highest BCUT2D eigenvalue weighted by Crippen LogP contribution is 2.16. The monoisotopic (exact) mass is 229 g/mol. The summed E-state index contributed by atoms with van der Waals surface area (Å²) in [6, 6.07) is 10.7. The van der Waals surface area contributed by atoms with Crippen molar-refractivity contribution in [3.8, 4) is 0 Å². The molecular weight excluding hydrogens is 206 g/mol. The number of rotatable bonds is 3. The molecule has 0 unspecified atom stereocenters. The maximum atomic E-state index is 2.30. The maximum Gasteiger partial charge on any atom is 0.0483 e. The number of hydrogen-bond acceptors (Lipinski definition) is 0. The Morgan fingerprint density at radius 1 is 1.18 bits per heavy atom. The van der Waals surface area contributed by atoms with Crippen molar-refractivity contribution < 1.29 is 0 Å². The van der Waals surface area contributed by atoms with Crippen LogP contribution in [0.1, 0.15) is 34.1 Å². The fourth-order valence-electron chi connectivity index (χ4n) is 1.96. The number of benzene rings is 1. The van der Waals surface area contributed by atoms with Crippen molar-refractivity contribution in [2.45, 2.75) is 40.7 Å². The Bertz CT molecular complexity index is 477. The van der Waals surface area contributed by atoms with Crippen molar-refractivity contribution in [3.05, 3.63) is 48.2 Å². The molecule has 2 rings (SSSR count). The van der Waals surface area contributed by atoms with Crippen molar-refractivity contribution in [2.24, 2.45) is 0 Å². The standard InChI is InChI=1S/C14H17N.C2H6/c1-3-6-12(2)11-15-10-9-13-7-4-5-8-14(13)15;1-2/h4-10H,3,11H2,1-2H3;1-2H3/b12-6+;. The summed E-state index contributed by atoms with van der Waals surface area (Å²) in [6.07, 6.45) is 5.57. The number of allylic oxidation sites excluding steroid dienone is 2. The van der Waals surface area contributed by atoms with E-state index in [-0.39, 0.29) is 0 Å². The van der Waals surface area contributed by atoms with E-state index in [1.54, 1.807) is 0 Å². The lowest BCUT2D eigenvalue weighted by Gasteiger charge is -2.05. The minimum Gasteiger partial charge on any atom is -0.343 e. The second kappa shape index (κ2) is 6.95. The quantitative estimate of drug-likeness (QED) is 0.651. The van der Waals surface area contributed by atoms with Crippen molar-refractivity contribution in [3.63, 3.8) is 0 Å². The Morgan fingerprint density at radius 2 is 1.88 bits per heavy atom. The van der Waals surface area contributed by atoms with Crippen molar-refractivity contribution >= 4 is 10.9 Å².